The van der Waals surface area contributed by atoms with Crippen molar-refractivity contribution < 1.29 is 33.0 Å². The lowest BCUT2D eigenvalue weighted by Crippen LogP contribution is -2.21. The largest absolute Gasteiger partial charge is 0.490 e. The third-order valence-corrected chi connectivity index (χ3v) is 2.19. The highest BCUT2D eigenvalue weighted by Gasteiger charge is 2.38. The number of nitrogens with zero attached hydrogens (tertiary/aromatic N) is 2. The Bertz CT molecular complexity index is 653. The molecule has 0 fully saturated rings. The number of aromatic carboxylic acids is 1. The number of imidazole rings is 1. The molecule has 20 heavy (non-hydrogen) atoms. The molecular weight excluding hydrogens is 305 g/mol. The Kier molecular flexibility index (Phi) is 4.56. The molecule has 2 rings (SSSR count). The zero-order valence-corrected chi connectivity index (χ0v) is 10.2. The van der Waals surface area contributed by atoms with E-state index in [-0.39, 0.29) is 5.69 Å². The molecule has 10 heteroatoms. The van der Waals surface area contributed by atoms with Crippen molar-refractivity contribution >= 4 is 29.2 Å². The van der Waals surface area contributed by atoms with Crippen molar-refractivity contribution in [3.05, 3.63) is 35.2 Å². The normalized spacial score (nSPS) is 10.8. The van der Waals surface area contributed by atoms with Crippen LogP contribution < -0.4 is 0 Å². The highest BCUT2D eigenvalue weighted by Crippen LogP contribution is 2.15. The molecule has 6 nitrogen and oxygen atoms in total. The van der Waals surface area contributed by atoms with Gasteiger partial charge >= 0.3 is 18.1 Å². The lowest BCUT2D eigenvalue weighted by Gasteiger charge is -1.93. The van der Waals surface area contributed by atoms with Crippen LogP contribution in [-0.4, -0.2) is 37.7 Å². The fraction of sp³-hybridized carbons (Fsp3) is 0.100. The van der Waals surface area contributed by atoms with Gasteiger partial charge in [-0.1, -0.05) is 11.6 Å². The van der Waals surface area contributed by atoms with Crippen molar-refractivity contribution in [1.82, 2.24) is 9.38 Å². The summed E-state index contributed by atoms with van der Waals surface area (Å²) >= 11 is 5.80. The third-order valence-electron chi connectivity index (χ3n) is 1.90. The van der Waals surface area contributed by atoms with E-state index < -0.39 is 18.1 Å². The zero-order valence-electron chi connectivity index (χ0n) is 9.43. The minimum Gasteiger partial charge on any atom is -0.476 e. The van der Waals surface area contributed by atoms with Crippen LogP contribution in [0.15, 0.2) is 24.5 Å². The number of pyridine rings is 1. The highest BCUT2D eigenvalue weighted by molar-refractivity contribution is 6.33. The Morgan fingerprint density at radius 1 is 1.30 bits per heavy atom. The van der Waals surface area contributed by atoms with E-state index in [4.69, 9.17) is 26.6 Å². The molecule has 0 amide bonds. The molecule has 0 bridgehead atoms. The smallest absolute Gasteiger partial charge is 0.476 e. The maximum atomic E-state index is 10.6. The first-order chi connectivity index (χ1) is 9.12. The molecule has 0 saturated heterocycles. The van der Waals surface area contributed by atoms with E-state index >= 15 is 0 Å². The molecule has 0 spiro atoms. The van der Waals surface area contributed by atoms with E-state index in [1.165, 1.54) is 6.20 Å². The maximum Gasteiger partial charge on any atom is 0.490 e. The fourth-order valence-electron chi connectivity index (χ4n) is 1.08. The molecule has 0 unspecified atom stereocenters. The van der Waals surface area contributed by atoms with Crippen molar-refractivity contribution in [2.45, 2.75) is 6.18 Å². The molecule has 2 N–H and O–H groups in total. The van der Waals surface area contributed by atoms with E-state index in [0.717, 1.165) is 0 Å². The van der Waals surface area contributed by atoms with Gasteiger partial charge < -0.3 is 14.6 Å². The summed E-state index contributed by atoms with van der Waals surface area (Å²) in [5.41, 5.74) is 0.453. The molecule has 0 aliphatic heterocycles. The monoisotopic (exact) mass is 310 g/mol. The van der Waals surface area contributed by atoms with Crippen LogP contribution >= 0.6 is 11.6 Å². The van der Waals surface area contributed by atoms with Gasteiger partial charge in [0.2, 0.25) is 0 Å². The molecule has 0 aliphatic rings. The standard InChI is InChI=1S/C8H5ClN2O2.C2HF3O2/c9-5-2-1-3-11-4-6(8(12)13)10-7(5)11;3-2(4,5)1(6)7/h1-4H,(H,12,13);(H,6,7). The number of carboxylic acids is 2. The van der Waals surface area contributed by atoms with Crippen LogP contribution in [-0.2, 0) is 4.79 Å². The summed E-state index contributed by atoms with van der Waals surface area (Å²) in [4.78, 5) is 23.3. The summed E-state index contributed by atoms with van der Waals surface area (Å²) in [5, 5.41) is 16.2. The SMILES string of the molecule is O=C(O)C(F)(F)F.O=C(O)c1cn2cccc(Cl)c2n1. The number of halogens is 4. The zero-order chi connectivity index (χ0) is 15.5. The van der Waals surface area contributed by atoms with Gasteiger partial charge in [-0.05, 0) is 12.1 Å². The highest BCUT2D eigenvalue weighted by atomic mass is 35.5. The van der Waals surface area contributed by atoms with Gasteiger partial charge in [-0.2, -0.15) is 13.2 Å². The number of aromatic nitrogens is 2. The molecule has 0 atom stereocenters. The molecule has 0 saturated carbocycles. The Morgan fingerprint density at radius 3 is 2.25 bits per heavy atom. The van der Waals surface area contributed by atoms with Gasteiger partial charge in [0.1, 0.15) is 0 Å². The Hall–Kier alpha value is -2.29. The van der Waals surface area contributed by atoms with Crippen LogP contribution in [0.5, 0.6) is 0 Å². The first-order valence-electron chi connectivity index (χ1n) is 4.79. The molecule has 0 radical (unpaired) electrons. The number of alkyl halides is 3. The predicted molar refractivity (Wildman–Crippen MR) is 60.9 cm³/mol. The molecule has 0 aromatic carbocycles. The minimum absolute atomic E-state index is 0.00639. The average molecular weight is 311 g/mol. The summed E-state index contributed by atoms with van der Waals surface area (Å²) in [6, 6.07) is 3.39. The van der Waals surface area contributed by atoms with Crippen LogP contribution in [0.2, 0.25) is 5.02 Å². The Labute approximate surface area is 114 Å². The van der Waals surface area contributed by atoms with E-state index in [9.17, 15) is 18.0 Å². The number of carboxylic acid groups (broad SMARTS) is 2. The number of aliphatic carboxylic acids is 1. The summed E-state index contributed by atoms with van der Waals surface area (Å²) in [6.07, 6.45) is -1.97. The van der Waals surface area contributed by atoms with Gasteiger partial charge in [-0.15, -0.1) is 0 Å². The second-order valence-electron chi connectivity index (χ2n) is 3.32. The molecule has 108 valence electrons. The second-order valence-corrected chi connectivity index (χ2v) is 3.73. The van der Waals surface area contributed by atoms with E-state index in [0.29, 0.717) is 10.7 Å². The van der Waals surface area contributed by atoms with E-state index in [1.54, 1.807) is 22.7 Å². The molecule has 2 heterocycles. The topological polar surface area (TPSA) is 91.9 Å². The Balaban J connectivity index is 0.000000246. The van der Waals surface area contributed by atoms with Gasteiger partial charge in [0, 0.05) is 12.4 Å². The van der Waals surface area contributed by atoms with Crippen LogP contribution in [0.1, 0.15) is 10.5 Å². The maximum absolute atomic E-state index is 10.6. The van der Waals surface area contributed by atoms with Crippen molar-refractivity contribution in [3.63, 3.8) is 0 Å². The van der Waals surface area contributed by atoms with E-state index in [2.05, 4.69) is 4.98 Å². The van der Waals surface area contributed by atoms with Crippen LogP contribution in [0, 0.1) is 0 Å². The second kappa shape index (κ2) is 5.78. The third kappa shape index (κ3) is 3.85. The van der Waals surface area contributed by atoms with Crippen LogP contribution in [0.3, 0.4) is 0 Å². The van der Waals surface area contributed by atoms with Gasteiger partial charge in [-0.25, -0.2) is 14.6 Å². The molecule has 0 aliphatic carbocycles. The molecule has 2 aromatic heterocycles. The summed E-state index contributed by atoms with van der Waals surface area (Å²) in [5.74, 6) is -3.81. The summed E-state index contributed by atoms with van der Waals surface area (Å²) in [6.45, 7) is 0. The summed E-state index contributed by atoms with van der Waals surface area (Å²) in [7, 11) is 0. The van der Waals surface area contributed by atoms with Crippen molar-refractivity contribution in [2.24, 2.45) is 0 Å². The lowest BCUT2D eigenvalue weighted by atomic mass is 10.5. The number of fused-ring (bicyclic) bond motifs is 1. The van der Waals surface area contributed by atoms with Gasteiger partial charge in [0.15, 0.2) is 11.3 Å². The van der Waals surface area contributed by atoms with Gasteiger partial charge in [0.25, 0.3) is 0 Å². The number of carbonyl (C=O) groups is 2. The number of hydrogen-bond acceptors (Lipinski definition) is 3. The van der Waals surface area contributed by atoms with Crippen LogP contribution in [0.25, 0.3) is 5.65 Å². The average Bonchev–Trinajstić information content (AvgIpc) is 2.74. The van der Waals surface area contributed by atoms with Crippen molar-refractivity contribution in [2.75, 3.05) is 0 Å². The number of rotatable bonds is 1. The van der Waals surface area contributed by atoms with Crippen molar-refractivity contribution in [1.29, 1.82) is 0 Å². The van der Waals surface area contributed by atoms with Crippen LogP contribution in [0.4, 0.5) is 13.2 Å². The van der Waals surface area contributed by atoms with E-state index in [1.807, 2.05) is 0 Å². The van der Waals surface area contributed by atoms with Gasteiger partial charge in [0.05, 0.1) is 5.02 Å². The molecule has 2 aromatic rings. The Morgan fingerprint density at radius 2 is 1.85 bits per heavy atom. The predicted octanol–water partition coefficient (Wildman–Crippen LogP) is 2.32. The fourth-order valence-corrected chi connectivity index (χ4v) is 1.29. The van der Waals surface area contributed by atoms with Crippen molar-refractivity contribution in [3.8, 4) is 0 Å². The number of hydrogen-bond donors (Lipinski definition) is 2. The molecular formula is C10H6ClF3N2O4. The quantitative estimate of drug-likeness (QED) is 0.843. The minimum atomic E-state index is -5.08. The lowest BCUT2D eigenvalue weighted by molar-refractivity contribution is -0.192. The summed E-state index contributed by atoms with van der Waals surface area (Å²) < 4.78 is 33.3. The first kappa shape index (κ1) is 15.8. The first-order valence-corrected chi connectivity index (χ1v) is 5.17. The van der Waals surface area contributed by atoms with Gasteiger partial charge in [-0.3, -0.25) is 0 Å².